The molecular weight excluding hydrogens is 346 g/mol. The molecule has 4 nitrogen and oxygen atoms in total. The number of aromatic nitrogens is 3. The lowest BCUT2D eigenvalue weighted by molar-refractivity contribution is 0.669. The molecule has 0 radical (unpaired) electrons. The lowest BCUT2D eigenvalue weighted by Gasteiger charge is -2.06. The molecule has 5 rings (SSSR count). The lowest BCUT2D eigenvalue weighted by Crippen LogP contribution is -1.97. The predicted octanol–water partition coefficient (Wildman–Crippen LogP) is 5.76. The molecule has 0 aliphatic heterocycles. The van der Waals surface area contributed by atoms with Crippen LogP contribution in [0.3, 0.4) is 0 Å². The molecule has 3 aromatic carbocycles. The Hall–Kier alpha value is -3.24. The summed E-state index contributed by atoms with van der Waals surface area (Å²) < 4.78 is 103. The first-order chi connectivity index (χ1) is 17.8. The van der Waals surface area contributed by atoms with Crippen molar-refractivity contribution in [2.75, 3.05) is 0 Å². The van der Waals surface area contributed by atoms with E-state index >= 15 is 0 Å². The molecule has 0 aliphatic rings. The highest BCUT2D eigenvalue weighted by molar-refractivity contribution is 6.28. The fourth-order valence-electron chi connectivity index (χ4n) is 2.46. The fraction of sp³-hybridized carbons (Fsp3) is 0. The van der Waals surface area contributed by atoms with Gasteiger partial charge in [0.1, 0.15) is 11.2 Å². The van der Waals surface area contributed by atoms with Crippen molar-refractivity contribution in [3.63, 3.8) is 0 Å². The van der Waals surface area contributed by atoms with Crippen LogP contribution < -0.4 is 0 Å². The minimum absolute atomic E-state index is 0.146. The standard InChI is InChI=1S/C21H12ClN3O/c22-21-24-19(13-7-2-1-3-8-13)23-20(25-21)15-10-6-12-17-18(15)14-9-4-5-11-16(14)26-17/h1-12H/i1D,2D,3D,4D,5D,6D,7D,8D,9D,10D,11D,12D. The number of hydrogen-bond acceptors (Lipinski definition) is 4. The largest absolute Gasteiger partial charge is 0.456 e. The molecule has 124 valence electrons. The lowest BCUT2D eigenvalue weighted by atomic mass is 10.1. The average molecular weight is 370 g/mol. The first-order valence-electron chi connectivity index (χ1n) is 13.2. The van der Waals surface area contributed by atoms with Gasteiger partial charge in [-0.25, -0.2) is 4.98 Å². The summed E-state index contributed by atoms with van der Waals surface area (Å²) in [4.78, 5) is 12.1. The number of furan rings is 1. The van der Waals surface area contributed by atoms with E-state index in [2.05, 4.69) is 15.0 Å². The van der Waals surface area contributed by atoms with E-state index in [1.54, 1.807) is 0 Å². The van der Waals surface area contributed by atoms with Crippen LogP contribution in [0, 0.1) is 0 Å². The van der Waals surface area contributed by atoms with E-state index in [9.17, 15) is 0 Å². The van der Waals surface area contributed by atoms with Crippen LogP contribution in [-0.2, 0) is 0 Å². The molecule has 0 saturated heterocycles. The maximum Gasteiger partial charge on any atom is 0.226 e. The topological polar surface area (TPSA) is 51.8 Å². The van der Waals surface area contributed by atoms with Crippen molar-refractivity contribution in [2.24, 2.45) is 0 Å². The van der Waals surface area contributed by atoms with Crippen molar-refractivity contribution >= 4 is 33.5 Å². The number of para-hydroxylation sites is 1. The zero-order valence-electron chi connectivity index (χ0n) is 24.6. The van der Waals surface area contributed by atoms with Crippen LogP contribution >= 0.6 is 11.6 Å². The Balaban J connectivity index is 1.96. The smallest absolute Gasteiger partial charge is 0.226 e. The molecular formula is C21H12ClN3O. The number of hydrogen-bond donors (Lipinski definition) is 0. The van der Waals surface area contributed by atoms with Crippen molar-refractivity contribution in [3.05, 3.63) is 77.8 Å². The van der Waals surface area contributed by atoms with E-state index in [0.29, 0.717) is 0 Å². The average Bonchev–Trinajstić information content (AvgIpc) is 3.27. The van der Waals surface area contributed by atoms with Gasteiger partial charge in [0.2, 0.25) is 5.28 Å². The second-order valence-corrected chi connectivity index (χ2v) is 5.35. The number of halogens is 1. The summed E-state index contributed by atoms with van der Waals surface area (Å²) >= 11 is 6.13. The van der Waals surface area contributed by atoms with Gasteiger partial charge in [-0.15, -0.1) is 0 Å². The Morgan fingerprint density at radius 3 is 2.35 bits per heavy atom. The summed E-state index contributed by atoms with van der Waals surface area (Å²) in [5.41, 5.74) is -1.30. The highest BCUT2D eigenvalue weighted by Gasteiger charge is 2.16. The Labute approximate surface area is 171 Å². The maximum atomic E-state index is 8.57. The summed E-state index contributed by atoms with van der Waals surface area (Å²) in [7, 11) is 0. The summed E-state index contributed by atoms with van der Waals surface area (Å²) in [5, 5.41) is -0.809. The van der Waals surface area contributed by atoms with Gasteiger partial charge in [-0.1, -0.05) is 60.4 Å². The molecule has 0 spiro atoms. The third-order valence-electron chi connectivity index (χ3n) is 3.50. The third-order valence-corrected chi connectivity index (χ3v) is 3.67. The first-order valence-corrected chi connectivity index (χ1v) is 7.57. The minimum atomic E-state index is -0.647. The quantitative estimate of drug-likeness (QED) is 0.397. The van der Waals surface area contributed by atoms with E-state index in [1.165, 1.54) is 0 Å². The Kier molecular flexibility index (Phi) is 1.64. The van der Waals surface area contributed by atoms with E-state index < -0.39 is 95.0 Å². The molecule has 0 atom stereocenters. The molecule has 0 N–H and O–H groups in total. The van der Waals surface area contributed by atoms with Crippen LogP contribution in [-0.4, -0.2) is 15.0 Å². The number of nitrogens with zero attached hydrogens (tertiary/aromatic N) is 3. The molecule has 0 aliphatic carbocycles. The number of rotatable bonds is 2. The van der Waals surface area contributed by atoms with Gasteiger partial charge in [0, 0.05) is 21.9 Å². The molecule has 0 unspecified atom stereocenters. The molecule has 5 heteroatoms. The third kappa shape index (κ3) is 2.43. The van der Waals surface area contributed by atoms with Crippen molar-refractivity contribution in [1.82, 2.24) is 15.0 Å². The molecule has 0 amide bonds. The summed E-state index contributed by atoms with van der Waals surface area (Å²) in [5.74, 6) is -0.828. The zero-order chi connectivity index (χ0) is 28.0. The molecule has 0 saturated carbocycles. The Bertz CT molecular complexity index is 1840. The van der Waals surface area contributed by atoms with Crippen LogP contribution in [0.2, 0.25) is 5.28 Å². The van der Waals surface area contributed by atoms with Crippen molar-refractivity contribution < 1.29 is 20.9 Å². The van der Waals surface area contributed by atoms with Crippen LogP contribution in [0.5, 0.6) is 0 Å². The van der Waals surface area contributed by atoms with Gasteiger partial charge in [0.05, 0.1) is 16.4 Å². The Morgan fingerprint density at radius 1 is 0.731 bits per heavy atom. The SMILES string of the molecule is [2H]c1c([2H])c([2H])c(-c2nc(Cl)nc(-c3c([2H])c([2H])c([2H])c4oc5c([2H])c([2H])c([2H])c([2H])c5c34)n2)c([2H])c1[2H]. The minimum Gasteiger partial charge on any atom is -0.456 e. The Morgan fingerprint density at radius 2 is 1.46 bits per heavy atom. The normalized spacial score (nSPS) is 17.7. The molecule has 26 heavy (non-hydrogen) atoms. The second kappa shape index (κ2) is 5.93. The van der Waals surface area contributed by atoms with Crippen molar-refractivity contribution in [3.8, 4) is 22.8 Å². The zero-order valence-corrected chi connectivity index (χ0v) is 13.4. The van der Waals surface area contributed by atoms with Gasteiger partial charge in [0.25, 0.3) is 0 Å². The van der Waals surface area contributed by atoms with Crippen LogP contribution in [0.15, 0.2) is 76.9 Å². The van der Waals surface area contributed by atoms with Crippen molar-refractivity contribution in [1.29, 1.82) is 0 Å². The van der Waals surface area contributed by atoms with Crippen molar-refractivity contribution in [2.45, 2.75) is 0 Å². The highest BCUT2D eigenvalue weighted by Crippen LogP contribution is 2.35. The summed E-state index contributed by atoms with van der Waals surface area (Å²) in [6, 6.07) is -7.17. The number of benzene rings is 3. The molecule has 5 aromatic rings. The maximum absolute atomic E-state index is 8.57. The van der Waals surface area contributed by atoms with Gasteiger partial charge < -0.3 is 4.42 Å². The summed E-state index contributed by atoms with van der Waals surface area (Å²) in [6.45, 7) is 0. The van der Waals surface area contributed by atoms with Gasteiger partial charge in [-0.2, -0.15) is 9.97 Å². The predicted molar refractivity (Wildman–Crippen MR) is 103 cm³/mol. The number of fused-ring (bicyclic) bond motifs is 3. The van der Waals surface area contributed by atoms with Gasteiger partial charge in [-0.05, 0) is 23.7 Å². The highest BCUT2D eigenvalue weighted by atomic mass is 35.5. The van der Waals surface area contributed by atoms with Gasteiger partial charge in [-0.3, -0.25) is 0 Å². The van der Waals surface area contributed by atoms with E-state index in [-0.39, 0.29) is 27.5 Å². The monoisotopic (exact) mass is 369 g/mol. The molecule has 2 aromatic heterocycles. The van der Waals surface area contributed by atoms with E-state index in [4.69, 9.17) is 32.5 Å². The van der Waals surface area contributed by atoms with Gasteiger partial charge in [0.15, 0.2) is 11.6 Å². The van der Waals surface area contributed by atoms with E-state index in [0.717, 1.165) is 0 Å². The first kappa shape index (κ1) is 7.17. The van der Waals surface area contributed by atoms with Crippen LogP contribution in [0.25, 0.3) is 44.7 Å². The molecule has 2 heterocycles. The second-order valence-electron chi connectivity index (χ2n) is 5.01. The van der Waals surface area contributed by atoms with E-state index in [1.807, 2.05) is 0 Å². The molecule has 0 bridgehead atoms. The van der Waals surface area contributed by atoms with Crippen LogP contribution in [0.1, 0.15) is 16.4 Å². The van der Waals surface area contributed by atoms with Crippen LogP contribution in [0.4, 0.5) is 0 Å². The summed E-state index contributed by atoms with van der Waals surface area (Å²) in [6.07, 6.45) is 0. The molecule has 0 fully saturated rings. The fourth-order valence-corrected chi connectivity index (χ4v) is 2.62. The van der Waals surface area contributed by atoms with Gasteiger partial charge >= 0.3 is 0 Å².